The second-order valence-electron chi connectivity index (χ2n) is 5.75. The van der Waals surface area contributed by atoms with Gasteiger partial charge in [0, 0.05) is 39.8 Å². The zero-order chi connectivity index (χ0) is 16.0. The summed E-state index contributed by atoms with van der Waals surface area (Å²) in [5, 5.41) is 3.37. The van der Waals surface area contributed by atoms with Crippen LogP contribution in [0.1, 0.15) is 32.6 Å². The van der Waals surface area contributed by atoms with E-state index in [-0.39, 0.29) is 0 Å². The fraction of sp³-hybridized carbons (Fsp3) is 0.824. The second kappa shape index (κ2) is 12.5. The van der Waals surface area contributed by atoms with Gasteiger partial charge < -0.3 is 15.0 Å². The lowest BCUT2D eigenvalue weighted by Crippen LogP contribution is -2.39. The minimum absolute atomic E-state index is 0.887. The number of morpholine rings is 1. The number of nitrogens with zero attached hydrogens (tertiary/aromatic N) is 3. The third-order valence-corrected chi connectivity index (χ3v) is 3.85. The first-order valence-electron chi connectivity index (χ1n) is 8.68. The smallest absolute Gasteiger partial charge is 0.193 e. The maximum atomic E-state index is 5.37. The van der Waals surface area contributed by atoms with Crippen molar-refractivity contribution in [3.05, 3.63) is 12.7 Å². The Bertz CT molecular complexity index is 314. The quantitative estimate of drug-likeness (QED) is 0.290. The number of guanidine groups is 1. The van der Waals surface area contributed by atoms with Crippen molar-refractivity contribution in [3.8, 4) is 0 Å². The van der Waals surface area contributed by atoms with Crippen molar-refractivity contribution in [3.63, 3.8) is 0 Å². The zero-order valence-electron chi connectivity index (χ0n) is 14.5. The van der Waals surface area contributed by atoms with E-state index >= 15 is 0 Å². The molecule has 22 heavy (non-hydrogen) atoms. The number of nitrogens with one attached hydrogen (secondary N) is 1. The van der Waals surface area contributed by atoms with E-state index in [0.717, 1.165) is 71.2 Å². The normalized spacial score (nSPS) is 16.5. The van der Waals surface area contributed by atoms with Gasteiger partial charge in [0.1, 0.15) is 0 Å². The van der Waals surface area contributed by atoms with Crippen LogP contribution in [0.3, 0.4) is 0 Å². The van der Waals surface area contributed by atoms with Crippen LogP contribution in [-0.2, 0) is 4.74 Å². The van der Waals surface area contributed by atoms with Crippen molar-refractivity contribution >= 4 is 5.96 Å². The van der Waals surface area contributed by atoms with E-state index in [2.05, 4.69) is 35.7 Å². The molecular weight excluding hydrogens is 276 g/mol. The average molecular weight is 310 g/mol. The fourth-order valence-corrected chi connectivity index (χ4v) is 2.51. The zero-order valence-corrected chi connectivity index (χ0v) is 14.5. The summed E-state index contributed by atoms with van der Waals surface area (Å²) in [5.41, 5.74) is 0. The highest BCUT2D eigenvalue weighted by Gasteiger charge is 2.09. The van der Waals surface area contributed by atoms with E-state index in [9.17, 15) is 0 Å². The molecule has 1 aliphatic heterocycles. The third kappa shape index (κ3) is 8.39. The van der Waals surface area contributed by atoms with Gasteiger partial charge in [0.25, 0.3) is 0 Å². The molecule has 1 aliphatic rings. The number of aliphatic imine (C=N–C) groups is 1. The van der Waals surface area contributed by atoms with Crippen LogP contribution in [-0.4, -0.2) is 75.3 Å². The first kappa shape index (κ1) is 19.0. The molecule has 0 saturated carbocycles. The summed E-state index contributed by atoms with van der Waals surface area (Å²) in [7, 11) is 2.11. The number of allylic oxidation sites excluding steroid dienone is 1. The lowest BCUT2D eigenvalue weighted by molar-refractivity contribution is 0.0373. The second-order valence-corrected chi connectivity index (χ2v) is 5.75. The molecule has 1 fully saturated rings. The molecule has 0 radical (unpaired) electrons. The van der Waals surface area contributed by atoms with Crippen LogP contribution in [0, 0.1) is 0 Å². The number of hydrogen-bond acceptors (Lipinski definition) is 3. The molecule has 0 aromatic rings. The van der Waals surface area contributed by atoms with Gasteiger partial charge in [-0.2, -0.15) is 0 Å². The van der Waals surface area contributed by atoms with Crippen molar-refractivity contribution in [1.82, 2.24) is 15.1 Å². The molecule has 0 atom stereocenters. The molecule has 0 amide bonds. The predicted molar refractivity (Wildman–Crippen MR) is 94.5 cm³/mol. The van der Waals surface area contributed by atoms with Crippen molar-refractivity contribution < 1.29 is 4.74 Å². The highest BCUT2D eigenvalue weighted by atomic mass is 16.5. The van der Waals surface area contributed by atoms with Crippen LogP contribution in [0.2, 0.25) is 0 Å². The van der Waals surface area contributed by atoms with Gasteiger partial charge in [-0.1, -0.05) is 6.08 Å². The molecule has 0 spiro atoms. The molecule has 1 rings (SSSR count). The standard InChI is InChI=1S/C17H34N4O/c1-4-6-8-11-20(3)17(18-5-2)19-10-7-9-12-21-13-15-22-16-14-21/h4H,1,5-16H2,2-3H3,(H,18,19). The molecule has 5 nitrogen and oxygen atoms in total. The third-order valence-electron chi connectivity index (χ3n) is 3.85. The predicted octanol–water partition coefficient (Wildman–Crippen LogP) is 1.96. The summed E-state index contributed by atoms with van der Waals surface area (Å²) in [6.07, 6.45) is 6.52. The van der Waals surface area contributed by atoms with E-state index in [0.29, 0.717) is 0 Å². The van der Waals surface area contributed by atoms with Crippen molar-refractivity contribution in [1.29, 1.82) is 0 Å². The summed E-state index contributed by atoms with van der Waals surface area (Å²) in [5.74, 6) is 1.03. The van der Waals surface area contributed by atoms with Crippen LogP contribution < -0.4 is 5.32 Å². The SMILES string of the molecule is C=CCCCN(C)C(=NCCCCN1CCOCC1)NCC. The van der Waals surface area contributed by atoms with Crippen LogP contribution in [0.15, 0.2) is 17.6 Å². The van der Waals surface area contributed by atoms with Gasteiger partial charge in [0.05, 0.1) is 13.2 Å². The molecule has 0 aromatic carbocycles. The molecule has 0 aromatic heterocycles. The summed E-state index contributed by atoms with van der Waals surface area (Å²) >= 11 is 0. The summed E-state index contributed by atoms with van der Waals surface area (Å²) in [6, 6.07) is 0. The average Bonchev–Trinajstić information content (AvgIpc) is 2.54. The Morgan fingerprint density at radius 1 is 1.32 bits per heavy atom. The number of ether oxygens (including phenoxy) is 1. The van der Waals surface area contributed by atoms with Crippen LogP contribution in [0.5, 0.6) is 0 Å². The molecule has 0 aliphatic carbocycles. The van der Waals surface area contributed by atoms with Gasteiger partial charge in [-0.3, -0.25) is 9.89 Å². The minimum Gasteiger partial charge on any atom is -0.379 e. The molecule has 1 heterocycles. The van der Waals surface area contributed by atoms with E-state index in [1.54, 1.807) is 0 Å². The molecule has 1 N–H and O–H groups in total. The summed E-state index contributed by atoms with van der Waals surface area (Å²) in [4.78, 5) is 9.44. The fourth-order valence-electron chi connectivity index (χ4n) is 2.51. The van der Waals surface area contributed by atoms with Crippen LogP contribution in [0.4, 0.5) is 0 Å². The van der Waals surface area contributed by atoms with Gasteiger partial charge in [0.15, 0.2) is 5.96 Å². The molecule has 0 unspecified atom stereocenters. The topological polar surface area (TPSA) is 40.1 Å². The van der Waals surface area contributed by atoms with Gasteiger partial charge >= 0.3 is 0 Å². The molecular formula is C17H34N4O. The van der Waals surface area contributed by atoms with Gasteiger partial charge in [-0.05, 0) is 39.2 Å². The Balaban J connectivity index is 2.21. The molecule has 1 saturated heterocycles. The molecule has 0 bridgehead atoms. The largest absolute Gasteiger partial charge is 0.379 e. The Hall–Kier alpha value is -1.07. The van der Waals surface area contributed by atoms with E-state index in [1.165, 1.54) is 13.0 Å². The van der Waals surface area contributed by atoms with Gasteiger partial charge in [0.2, 0.25) is 0 Å². The van der Waals surface area contributed by atoms with Gasteiger partial charge in [-0.15, -0.1) is 6.58 Å². The Morgan fingerprint density at radius 2 is 2.09 bits per heavy atom. The lowest BCUT2D eigenvalue weighted by Gasteiger charge is -2.26. The number of unbranched alkanes of at least 4 members (excludes halogenated alkanes) is 2. The highest BCUT2D eigenvalue weighted by Crippen LogP contribution is 2.01. The summed E-state index contributed by atoms with van der Waals surface area (Å²) < 4.78 is 5.37. The number of rotatable bonds is 10. The van der Waals surface area contributed by atoms with Crippen molar-refractivity contribution in [2.45, 2.75) is 32.6 Å². The monoisotopic (exact) mass is 310 g/mol. The van der Waals surface area contributed by atoms with Crippen LogP contribution >= 0.6 is 0 Å². The maximum Gasteiger partial charge on any atom is 0.193 e. The maximum absolute atomic E-state index is 5.37. The first-order chi connectivity index (χ1) is 10.8. The Kier molecular flexibility index (Phi) is 10.8. The summed E-state index contributed by atoms with van der Waals surface area (Å²) in [6.45, 7) is 13.8. The van der Waals surface area contributed by atoms with E-state index < -0.39 is 0 Å². The lowest BCUT2D eigenvalue weighted by atomic mass is 10.3. The van der Waals surface area contributed by atoms with Crippen molar-refractivity contribution in [2.24, 2.45) is 4.99 Å². The molecule has 5 heteroatoms. The minimum atomic E-state index is 0.887. The highest BCUT2D eigenvalue weighted by molar-refractivity contribution is 5.79. The first-order valence-corrected chi connectivity index (χ1v) is 8.68. The number of hydrogen-bond donors (Lipinski definition) is 1. The Labute approximate surface area is 136 Å². The van der Waals surface area contributed by atoms with E-state index in [4.69, 9.17) is 9.73 Å². The van der Waals surface area contributed by atoms with Crippen LogP contribution in [0.25, 0.3) is 0 Å². The van der Waals surface area contributed by atoms with Crippen molar-refractivity contribution in [2.75, 3.05) is 59.5 Å². The van der Waals surface area contributed by atoms with Gasteiger partial charge in [-0.25, -0.2) is 0 Å². The Morgan fingerprint density at radius 3 is 2.77 bits per heavy atom. The van der Waals surface area contributed by atoms with E-state index in [1.807, 2.05) is 6.08 Å². The molecule has 128 valence electrons.